The summed E-state index contributed by atoms with van der Waals surface area (Å²) in [4.78, 5) is 17.0. The van der Waals surface area contributed by atoms with Gasteiger partial charge in [-0.15, -0.1) is 11.3 Å². The molecule has 1 aromatic carbocycles. The van der Waals surface area contributed by atoms with Crippen molar-refractivity contribution in [1.82, 2.24) is 14.6 Å². The van der Waals surface area contributed by atoms with Gasteiger partial charge in [0.1, 0.15) is 0 Å². The van der Waals surface area contributed by atoms with Gasteiger partial charge in [-0.2, -0.15) is 4.31 Å². The van der Waals surface area contributed by atoms with Crippen LogP contribution in [0.25, 0.3) is 0 Å². The SMILES string of the molecule is CC(C)c1nc(CNC(=O)c2cc(S(=O)(=O)N(C)C(C)C)ccc2Cl)cs1. The Hall–Kier alpha value is -1.48. The molecule has 2 aromatic rings. The Labute approximate surface area is 169 Å². The number of hydrogen-bond donors (Lipinski definition) is 1. The Kier molecular flexibility index (Phi) is 7.02. The van der Waals surface area contributed by atoms with Crippen molar-refractivity contribution in [2.24, 2.45) is 0 Å². The Morgan fingerprint density at radius 1 is 1.30 bits per heavy atom. The van der Waals surface area contributed by atoms with Crippen LogP contribution in [-0.4, -0.2) is 36.7 Å². The molecule has 0 saturated heterocycles. The fourth-order valence-corrected chi connectivity index (χ4v) is 4.65. The van der Waals surface area contributed by atoms with Crippen LogP contribution in [0, 0.1) is 0 Å². The first-order chi connectivity index (χ1) is 12.5. The van der Waals surface area contributed by atoms with Gasteiger partial charge < -0.3 is 5.32 Å². The third-order valence-corrected chi connectivity index (χ3v) is 7.63. The van der Waals surface area contributed by atoms with Crippen molar-refractivity contribution in [3.05, 3.63) is 44.9 Å². The normalized spacial score (nSPS) is 12.2. The van der Waals surface area contributed by atoms with Crippen LogP contribution in [0.4, 0.5) is 0 Å². The summed E-state index contributed by atoms with van der Waals surface area (Å²) in [6.07, 6.45) is 0. The van der Waals surface area contributed by atoms with E-state index in [0.29, 0.717) is 5.92 Å². The number of amides is 1. The van der Waals surface area contributed by atoms with Crippen molar-refractivity contribution < 1.29 is 13.2 Å². The van der Waals surface area contributed by atoms with Crippen molar-refractivity contribution in [1.29, 1.82) is 0 Å². The number of benzene rings is 1. The lowest BCUT2D eigenvalue weighted by atomic mass is 10.2. The van der Waals surface area contributed by atoms with E-state index < -0.39 is 15.9 Å². The van der Waals surface area contributed by atoms with Crippen LogP contribution in [0.3, 0.4) is 0 Å². The van der Waals surface area contributed by atoms with Crippen LogP contribution in [0.2, 0.25) is 5.02 Å². The van der Waals surface area contributed by atoms with Crippen molar-refractivity contribution in [2.75, 3.05) is 7.05 Å². The largest absolute Gasteiger partial charge is 0.346 e. The van der Waals surface area contributed by atoms with Gasteiger partial charge in [0.05, 0.1) is 32.7 Å². The third kappa shape index (κ3) is 5.07. The molecule has 0 unspecified atom stereocenters. The van der Waals surface area contributed by atoms with Crippen LogP contribution in [-0.2, 0) is 16.6 Å². The fourth-order valence-electron chi connectivity index (χ4n) is 2.22. The molecule has 9 heteroatoms. The second-order valence-electron chi connectivity index (χ2n) is 6.77. The van der Waals surface area contributed by atoms with E-state index in [-0.39, 0.29) is 28.1 Å². The molecule has 1 heterocycles. The zero-order chi connectivity index (χ0) is 20.4. The quantitative estimate of drug-likeness (QED) is 0.724. The third-order valence-electron chi connectivity index (χ3n) is 4.08. The molecule has 0 aliphatic rings. The Bertz CT molecular complexity index is 924. The highest BCUT2D eigenvalue weighted by atomic mass is 35.5. The van der Waals surface area contributed by atoms with E-state index >= 15 is 0 Å². The molecular weight excluding hydrogens is 406 g/mol. The average Bonchev–Trinajstić information content (AvgIpc) is 3.08. The molecule has 0 aliphatic heterocycles. The van der Waals surface area contributed by atoms with Crippen LogP contribution in [0.15, 0.2) is 28.5 Å². The standard InChI is InChI=1S/C18H24ClN3O3S2/c1-11(2)18-21-13(10-26-18)9-20-17(23)15-8-14(6-7-16(15)19)27(24,25)22(5)12(3)4/h6-8,10-12H,9H2,1-5H3,(H,20,23). The molecule has 0 aliphatic carbocycles. The molecule has 1 N–H and O–H groups in total. The smallest absolute Gasteiger partial charge is 0.253 e. The Balaban J connectivity index is 2.20. The lowest BCUT2D eigenvalue weighted by Crippen LogP contribution is -2.33. The number of nitrogens with zero attached hydrogens (tertiary/aromatic N) is 2. The Morgan fingerprint density at radius 3 is 2.52 bits per heavy atom. The van der Waals surface area contributed by atoms with Gasteiger partial charge in [-0.05, 0) is 32.0 Å². The van der Waals surface area contributed by atoms with Crippen LogP contribution < -0.4 is 5.32 Å². The Morgan fingerprint density at radius 2 is 1.96 bits per heavy atom. The second-order valence-corrected chi connectivity index (χ2v) is 10.1. The summed E-state index contributed by atoms with van der Waals surface area (Å²) in [6, 6.07) is 3.94. The first-order valence-electron chi connectivity index (χ1n) is 8.54. The molecule has 148 valence electrons. The lowest BCUT2D eigenvalue weighted by Gasteiger charge is -2.21. The summed E-state index contributed by atoms with van der Waals surface area (Å²) in [7, 11) is -2.20. The zero-order valence-corrected chi connectivity index (χ0v) is 18.4. The second kappa shape index (κ2) is 8.68. The molecular formula is C18H24ClN3O3S2. The van der Waals surface area contributed by atoms with Crippen molar-refractivity contribution in [3.8, 4) is 0 Å². The predicted octanol–water partition coefficient (Wildman–Crippen LogP) is 3.88. The number of carbonyl (C=O) groups is 1. The van der Waals surface area contributed by atoms with E-state index in [0.717, 1.165) is 10.7 Å². The number of sulfonamides is 1. The zero-order valence-electron chi connectivity index (χ0n) is 16.0. The first kappa shape index (κ1) is 21.8. The summed E-state index contributed by atoms with van der Waals surface area (Å²) >= 11 is 7.67. The minimum absolute atomic E-state index is 0.0315. The van der Waals surface area contributed by atoms with Crippen LogP contribution in [0.1, 0.15) is 54.7 Å². The molecule has 1 aromatic heterocycles. The average molecular weight is 430 g/mol. The molecule has 0 atom stereocenters. The minimum atomic E-state index is -3.70. The molecule has 0 bridgehead atoms. The van der Waals surface area contributed by atoms with Gasteiger partial charge in [-0.1, -0.05) is 25.4 Å². The van der Waals surface area contributed by atoms with Gasteiger partial charge in [0.15, 0.2) is 0 Å². The predicted molar refractivity (Wildman–Crippen MR) is 109 cm³/mol. The molecule has 0 saturated carbocycles. The number of carbonyl (C=O) groups excluding carboxylic acids is 1. The van der Waals surface area contributed by atoms with Gasteiger partial charge in [-0.3, -0.25) is 4.79 Å². The van der Waals surface area contributed by atoms with Gasteiger partial charge in [0, 0.05) is 24.4 Å². The number of nitrogens with one attached hydrogen (secondary N) is 1. The van der Waals surface area contributed by atoms with E-state index in [9.17, 15) is 13.2 Å². The van der Waals surface area contributed by atoms with Crippen LogP contribution >= 0.6 is 22.9 Å². The molecule has 1 amide bonds. The first-order valence-corrected chi connectivity index (χ1v) is 11.2. The van der Waals surface area contributed by atoms with Gasteiger partial charge in [-0.25, -0.2) is 13.4 Å². The number of thiazole rings is 1. The van der Waals surface area contributed by atoms with E-state index in [1.165, 1.54) is 29.6 Å². The number of rotatable bonds is 7. The minimum Gasteiger partial charge on any atom is -0.346 e. The van der Waals surface area contributed by atoms with Gasteiger partial charge in [0.2, 0.25) is 10.0 Å². The van der Waals surface area contributed by atoms with Crippen molar-refractivity contribution in [3.63, 3.8) is 0 Å². The number of hydrogen-bond acceptors (Lipinski definition) is 5. The van der Waals surface area contributed by atoms with Gasteiger partial charge in [0.25, 0.3) is 5.91 Å². The maximum absolute atomic E-state index is 12.6. The molecule has 0 fully saturated rings. The summed E-state index contributed by atoms with van der Waals surface area (Å²) in [5.41, 5.74) is 0.880. The molecule has 2 rings (SSSR count). The summed E-state index contributed by atoms with van der Waals surface area (Å²) in [5, 5.41) is 5.85. The maximum Gasteiger partial charge on any atom is 0.253 e. The van der Waals surface area contributed by atoms with Crippen LogP contribution in [0.5, 0.6) is 0 Å². The summed E-state index contributed by atoms with van der Waals surface area (Å²) in [6.45, 7) is 7.92. The molecule has 27 heavy (non-hydrogen) atoms. The van der Waals surface area contributed by atoms with E-state index in [2.05, 4.69) is 24.1 Å². The molecule has 0 spiro atoms. The van der Waals surface area contributed by atoms with E-state index in [4.69, 9.17) is 11.6 Å². The summed E-state index contributed by atoms with van der Waals surface area (Å²) in [5.74, 6) is -0.114. The molecule has 6 nitrogen and oxygen atoms in total. The number of aromatic nitrogens is 1. The van der Waals surface area contributed by atoms with Gasteiger partial charge >= 0.3 is 0 Å². The highest BCUT2D eigenvalue weighted by Gasteiger charge is 2.25. The fraction of sp³-hybridized carbons (Fsp3) is 0.444. The summed E-state index contributed by atoms with van der Waals surface area (Å²) < 4.78 is 26.5. The maximum atomic E-state index is 12.6. The number of halogens is 1. The highest BCUT2D eigenvalue weighted by molar-refractivity contribution is 7.89. The van der Waals surface area contributed by atoms with E-state index in [1.807, 2.05) is 5.38 Å². The monoisotopic (exact) mass is 429 g/mol. The topological polar surface area (TPSA) is 79.4 Å². The highest BCUT2D eigenvalue weighted by Crippen LogP contribution is 2.24. The lowest BCUT2D eigenvalue weighted by molar-refractivity contribution is 0.0950. The van der Waals surface area contributed by atoms with Crippen molar-refractivity contribution in [2.45, 2.75) is 51.1 Å². The van der Waals surface area contributed by atoms with Crippen molar-refractivity contribution >= 4 is 38.9 Å². The van der Waals surface area contributed by atoms with E-state index in [1.54, 1.807) is 25.2 Å². The molecule has 0 radical (unpaired) electrons.